The fraction of sp³-hybridized carbons (Fsp3) is 0.294. The van der Waals surface area contributed by atoms with Crippen LogP contribution in [0, 0.1) is 6.92 Å². The highest BCUT2D eigenvalue weighted by Crippen LogP contribution is 2.07. The lowest BCUT2D eigenvalue weighted by Crippen LogP contribution is -2.30. The largest absolute Gasteiger partial charge is 0.308 e. The molecule has 5 heteroatoms. The van der Waals surface area contributed by atoms with E-state index in [0.29, 0.717) is 6.04 Å². The molecule has 1 atom stereocenters. The molecule has 0 aliphatic rings. The summed E-state index contributed by atoms with van der Waals surface area (Å²) in [5.41, 5.74) is 3.44. The van der Waals surface area contributed by atoms with E-state index in [-0.39, 0.29) is 0 Å². The van der Waals surface area contributed by atoms with Gasteiger partial charge in [-0.1, -0.05) is 18.2 Å². The molecule has 3 aromatic rings. The molecule has 0 aliphatic heterocycles. The van der Waals surface area contributed by atoms with Crippen LogP contribution in [0.2, 0.25) is 0 Å². The standard InChI is InChI=1S/C17H21N5/c1-14-8-19-21(11-14)12-15(2)18-9-16-10-20-22(13-16)17-6-4-3-5-7-17/h3-8,10-11,13,15,18H,9,12H2,1-2H3. The van der Waals surface area contributed by atoms with Crippen LogP contribution in [0.4, 0.5) is 0 Å². The van der Waals surface area contributed by atoms with E-state index in [1.807, 2.05) is 52.1 Å². The molecule has 0 aliphatic carbocycles. The van der Waals surface area contributed by atoms with E-state index in [2.05, 4.69) is 41.8 Å². The van der Waals surface area contributed by atoms with Gasteiger partial charge in [-0.15, -0.1) is 0 Å². The molecule has 0 saturated carbocycles. The molecule has 2 heterocycles. The molecule has 0 radical (unpaired) electrons. The fourth-order valence-electron chi connectivity index (χ4n) is 2.38. The van der Waals surface area contributed by atoms with Gasteiger partial charge in [-0.25, -0.2) is 4.68 Å². The van der Waals surface area contributed by atoms with E-state index in [9.17, 15) is 0 Å². The molecular weight excluding hydrogens is 274 g/mol. The minimum atomic E-state index is 0.347. The van der Waals surface area contributed by atoms with Crippen molar-refractivity contribution in [1.29, 1.82) is 0 Å². The van der Waals surface area contributed by atoms with Gasteiger partial charge in [0.25, 0.3) is 0 Å². The van der Waals surface area contributed by atoms with Crippen molar-refractivity contribution in [2.75, 3.05) is 0 Å². The molecule has 1 unspecified atom stereocenters. The zero-order valence-electron chi connectivity index (χ0n) is 13.0. The number of hydrogen-bond acceptors (Lipinski definition) is 3. The topological polar surface area (TPSA) is 47.7 Å². The van der Waals surface area contributed by atoms with Crippen molar-refractivity contribution in [1.82, 2.24) is 24.9 Å². The monoisotopic (exact) mass is 295 g/mol. The number of nitrogens with zero attached hydrogens (tertiary/aromatic N) is 4. The minimum absolute atomic E-state index is 0.347. The molecule has 2 aromatic heterocycles. The van der Waals surface area contributed by atoms with Gasteiger partial charge in [0, 0.05) is 30.5 Å². The lowest BCUT2D eigenvalue weighted by molar-refractivity contribution is 0.450. The summed E-state index contributed by atoms with van der Waals surface area (Å²) in [6.45, 7) is 5.88. The molecule has 0 fully saturated rings. The van der Waals surface area contributed by atoms with Gasteiger partial charge in [-0.05, 0) is 31.5 Å². The van der Waals surface area contributed by atoms with Crippen molar-refractivity contribution in [2.45, 2.75) is 33.0 Å². The Balaban J connectivity index is 1.54. The Morgan fingerprint density at radius 3 is 2.64 bits per heavy atom. The lowest BCUT2D eigenvalue weighted by atomic mass is 10.3. The third-order valence-corrected chi connectivity index (χ3v) is 3.53. The van der Waals surface area contributed by atoms with Crippen LogP contribution in [0.5, 0.6) is 0 Å². The highest BCUT2D eigenvalue weighted by molar-refractivity contribution is 5.30. The summed E-state index contributed by atoms with van der Waals surface area (Å²) in [6, 6.07) is 10.5. The number of hydrogen-bond donors (Lipinski definition) is 1. The fourth-order valence-corrected chi connectivity index (χ4v) is 2.38. The Labute approximate surface area is 130 Å². The first kappa shape index (κ1) is 14.5. The minimum Gasteiger partial charge on any atom is -0.308 e. The van der Waals surface area contributed by atoms with Crippen molar-refractivity contribution < 1.29 is 0 Å². The smallest absolute Gasteiger partial charge is 0.0645 e. The normalized spacial score (nSPS) is 12.5. The third kappa shape index (κ3) is 3.62. The number of aromatic nitrogens is 4. The maximum atomic E-state index is 4.41. The number of benzene rings is 1. The van der Waals surface area contributed by atoms with E-state index < -0.39 is 0 Å². The summed E-state index contributed by atoms with van der Waals surface area (Å²) in [4.78, 5) is 0. The van der Waals surface area contributed by atoms with Crippen molar-refractivity contribution in [2.24, 2.45) is 0 Å². The zero-order chi connectivity index (χ0) is 15.4. The van der Waals surface area contributed by atoms with Crippen molar-refractivity contribution in [3.8, 4) is 5.69 Å². The summed E-state index contributed by atoms with van der Waals surface area (Å²) >= 11 is 0. The summed E-state index contributed by atoms with van der Waals surface area (Å²) in [5, 5.41) is 12.2. The molecule has 0 spiro atoms. The molecule has 0 bridgehead atoms. The number of aryl methyl sites for hydroxylation is 1. The van der Waals surface area contributed by atoms with Gasteiger partial charge in [0.15, 0.2) is 0 Å². The number of rotatable bonds is 6. The van der Waals surface area contributed by atoms with Crippen LogP contribution in [0.1, 0.15) is 18.1 Å². The molecule has 1 N–H and O–H groups in total. The van der Waals surface area contributed by atoms with Crippen LogP contribution in [0.3, 0.4) is 0 Å². The first-order valence-electron chi connectivity index (χ1n) is 7.52. The predicted octanol–water partition coefficient (Wildman–Crippen LogP) is 2.56. The van der Waals surface area contributed by atoms with Gasteiger partial charge in [-0.3, -0.25) is 4.68 Å². The van der Waals surface area contributed by atoms with Crippen molar-refractivity contribution in [3.63, 3.8) is 0 Å². The van der Waals surface area contributed by atoms with Gasteiger partial charge in [-0.2, -0.15) is 10.2 Å². The Kier molecular flexibility index (Phi) is 4.34. The van der Waals surface area contributed by atoms with E-state index in [1.165, 1.54) is 11.1 Å². The average Bonchev–Trinajstić information content (AvgIpc) is 3.15. The molecule has 3 rings (SSSR count). The van der Waals surface area contributed by atoms with Crippen LogP contribution in [-0.4, -0.2) is 25.6 Å². The maximum absolute atomic E-state index is 4.41. The van der Waals surface area contributed by atoms with Gasteiger partial charge in [0.2, 0.25) is 0 Å². The van der Waals surface area contributed by atoms with E-state index in [4.69, 9.17) is 0 Å². The van der Waals surface area contributed by atoms with Gasteiger partial charge in [0.1, 0.15) is 0 Å². The van der Waals surface area contributed by atoms with Crippen LogP contribution >= 0.6 is 0 Å². The van der Waals surface area contributed by atoms with Crippen molar-refractivity contribution in [3.05, 3.63) is 66.2 Å². The Morgan fingerprint density at radius 1 is 1.09 bits per heavy atom. The summed E-state index contributed by atoms with van der Waals surface area (Å²) in [6.07, 6.45) is 7.92. The Bertz CT molecular complexity index is 713. The first-order valence-corrected chi connectivity index (χ1v) is 7.52. The SMILES string of the molecule is Cc1cnn(CC(C)NCc2cnn(-c3ccccc3)c2)c1. The lowest BCUT2D eigenvalue weighted by Gasteiger charge is -2.13. The van der Waals surface area contributed by atoms with Gasteiger partial charge >= 0.3 is 0 Å². The summed E-state index contributed by atoms with van der Waals surface area (Å²) in [7, 11) is 0. The second kappa shape index (κ2) is 6.58. The number of para-hydroxylation sites is 1. The van der Waals surface area contributed by atoms with Crippen LogP contribution in [-0.2, 0) is 13.1 Å². The zero-order valence-corrected chi connectivity index (χ0v) is 13.0. The third-order valence-electron chi connectivity index (χ3n) is 3.53. The molecule has 114 valence electrons. The van der Waals surface area contributed by atoms with Gasteiger partial charge < -0.3 is 5.32 Å². The van der Waals surface area contributed by atoms with Crippen LogP contribution in [0.25, 0.3) is 5.69 Å². The molecule has 0 amide bonds. The first-order chi connectivity index (χ1) is 10.7. The Morgan fingerprint density at radius 2 is 1.91 bits per heavy atom. The van der Waals surface area contributed by atoms with Crippen LogP contribution in [0.15, 0.2) is 55.1 Å². The predicted molar refractivity (Wildman–Crippen MR) is 86.8 cm³/mol. The molecule has 22 heavy (non-hydrogen) atoms. The quantitative estimate of drug-likeness (QED) is 0.760. The number of nitrogens with one attached hydrogen (secondary N) is 1. The average molecular weight is 295 g/mol. The maximum Gasteiger partial charge on any atom is 0.0645 e. The van der Waals surface area contributed by atoms with Gasteiger partial charge in [0.05, 0.1) is 24.6 Å². The molecule has 1 aromatic carbocycles. The van der Waals surface area contributed by atoms with Crippen molar-refractivity contribution >= 4 is 0 Å². The summed E-state index contributed by atoms with van der Waals surface area (Å²) < 4.78 is 3.87. The highest BCUT2D eigenvalue weighted by Gasteiger charge is 2.05. The molecule has 0 saturated heterocycles. The second-order valence-electron chi connectivity index (χ2n) is 5.65. The molecule has 5 nitrogen and oxygen atoms in total. The van der Waals surface area contributed by atoms with E-state index in [0.717, 1.165) is 18.8 Å². The molecular formula is C17H21N5. The second-order valence-corrected chi connectivity index (χ2v) is 5.65. The highest BCUT2D eigenvalue weighted by atomic mass is 15.3. The van der Waals surface area contributed by atoms with Crippen LogP contribution < -0.4 is 5.32 Å². The Hall–Kier alpha value is -2.40. The van der Waals surface area contributed by atoms with E-state index >= 15 is 0 Å². The van der Waals surface area contributed by atoms with E-state index in [1.54, 1.807) is 0 Å². The summed E-state index contributed by atoms with van der Waals surface area (Å²) in [5.74, 6) is 0.